The number of nitrogens with one attached hydrogen (secondary N) is 1. The quantitative estimate of drug-likeness (QED) is 0.822. The highest BCUT2D eigenvalue weighted by molar-refractivity contribution is 7.17. The maximum atomic E-state index is 3.48. The van der Waals surface area contributed by atoms with Crippen LogP contribution < -0.4 is 5.32 Å². The Morgan fingerprint density at radius 2 is 2.18 bits per heavy atom. The third kappa shape index (κ3) is 2.35. The van der Waals surface area contributed by atoms with Crippen molar-refractivity contribution in [3.8, 4) is 0 Å². The van der Waals surface area contributed by atoms with Crippen LogP contribution in [-0.4, -0.2) is 13.1 Å². The molecule has 1 aliphatic rings. The Balaban J connectivity index is 0.00000108. The fourth-order valence-electron chi connectivity index (χ4n) is 2.78. The summed E-state index contributed by atoms with van der Waals surface area (Å²) in [7, 11) is 0. The number of fused-ring (bicyclic) bond motifs is 1. The molecule has 1 saturated heterocycles. The first kappa shape index (κ1) is 12.9. The molecule has 3 heteroatoms. The molecule has 0 saturated carbocycles. The van der Waals surface area contributed by atoms with Crippen molar-refractivity contribution in [3.05, 3.63) is 35.2 Å². The molecule has 2 atom stereocenters. The number of hydrogen-bond acceptors (Lipinski definition) is 2. The molecule has 0 unspecified atom stereocenters. The first-order valence-electron chi connectivity index (χ1n) is 6.03. The molecule has 1 aromatic heterocycles. The summed E-state index contributed by atoms with van der Waals surface area (Å²) in [5, 5.41) is 7.10. The smallest absolute Gasteiger partial charge is 0.0377 e. The molecule has 3 rings (SSSR count). The maximum Gasteiger partial charge on any atom is 0.0377 e. The Bertz CT molecular complexity index is 494. The number of halogens is 1. The molecule has 1 nitrogen and oxygen atoms in total. The molecule has 17 heavy (non-hydrogen) atoms. The van der Waals surface area contributed by atoms with Gasteiger partial charge in [0, 0.05) is 4.70 Å². The lowest BCUT2D eigenvalue weighted by Gasteiger charge is -2.30. The van der Waals surface area contributed by atoms with Crippen molar-refractivity contribution in [2.24, 2.45) is 5.92 Å². The molecule has 1 aromatic carbocycles. The largest absolute Gasteiger partial charge is 0.316 e. The molecule has 1 N–H and O–H groups in total. The first-order valence-corrected chi connectivity index (χ1v) is 6.91. The summed E-state index contributed by atoms with van der Waals surface area (Å²) in [6.07, 6.45) is 1.28. The van der Waals surface area contributed by atoms with Gasteiger partial charge in [0.05, 0.1) is 0 Å². The average Bonchev–Trinajstić information content (AvgIpc) is 2.77. The predicted molar refractivity (Wildman–Crippen MR) is 78.5 cm³/mol. The van der Waals surface area contributed by atoms with Crippen LogP contribution in [0.5, 0.6) is 0 Å². The number of hydrogen-bond donors (Lipinski definition) is 1. The van der Waals surface area contributed by atoms with Gasteiger partial charge in [-0.1, -0.05) is 25.1 Å². The van der Waals surface area contributed by atoms with Crippen LogP contribution in [0.3, 0.4) is 0 Å². The van der Waals surface area contributed by atoms with Crippen LogP contribution in [0.15, 0.2) is 29.6 Å². The van der Waals surface area contributed by atoms with Crippen molar-refractivity contribution < 1.29 is 0 Å². The van der Waals surface area contributed by atoms with Crippen LogP contribution in [0.1, 0.15) is 24.8 Å². The highest BCUT2D eigenvalue weighted by atomic mass is 35.5. The summed E-state index contributed by atoms with van der Waals surface area (Å²) in [6.45, 7) is 4.69. The molecule has 0 amide bonds. The molecular weight excluding hydrogens is 250 g/mol. The van der Waals surface area contributed by atoms with Crippen LogP contribution >= 0.6 is 23.7 Å². The van der Waals surface area contributed by atoms with E-state index in [1.165, 1.54) is 16.5 Å². The van der Waals surface area contributed by atoms with E-state index in [2.05, 4.69) is 41.9 Å². The SMILES string of the molecule is C[C@H]1CNCC[C@H]1c1cccc2ccsc12.Cl. The predicted octanol–water partition coefficient (Wildman–Crippen LogP) is 4.04. The Labute approximate surface area is 113 Å². The lowest BCUT2D eigenvalue weighted by atomic mass is 9.82. The zero-order chi connectivity index (χ0) is 11.0. The Kier molecular flexibility index (Phi) is 4.08. The molecular formula is C14H18ClNS. The van der Waals surface area contributed by atoms with Crippen LogP contribution in [0, 0.1) is 5.92 Å². The lowest BCUT2D eigenvalue weighted by molar-refractivity contribution is 0.351. The van der Waals surface area contributed by atoms with E-state index in [1.54, 1.807) is 5.56 Å². The minimum atomic E-state index is 0. The van der Waals surface area contributed by atoms with Crippen molar-refractivity contribution >= 4 is 33.8 Å². The fourth-order valence-corrected chi connectivity index (χ4v) is 3.76. The van der Waals surface area contributed by atoms with E-state index >= 15 is 0 Å². The van der Waals surface area contributed by atoms with Crippen molar-refractivity contribution in [2.75, 3.05) is 13.1 Å². The second kappa shape index (κ2) is 5.38. The first-order chi connectivity index (χ1) is 7.86. The molecule has 92 valence electrons. The Hall–Kier alpha value is -0.570. The summed E-state index contributed by atoms with van der Waals surface area (Å²) in [5.74, 6) is 1.49. The van der Waals surface area contributed by atoms with E-state index < -0.39 is 0 Å². The molecule has 0 aliphatic carbocycles. The highest BCUT2D eigenvalue weighted by Gasteiger charge is 2.24. The number of piperidine rings is 1. The van der Waals surface area contributed by atoms with Gasteiger partial charge in [0.25, 0.3) is 0 Å². The van der Waals surface area contributed by atoms with Crippen molar-refractivity contribution in [2.45, 2.75) is 19.3 Å². The summed E-state index contributed by atoms with van der Waals surface area (Å²) >= 11 is 1.89. The zero-order valence-electron chi connectivity index (χ0n) is 9.98. The fraction of sp³-hybridized carbons (Fsp3) is 0.429. The van der Waals surface area contributed by atoms with Crippen LogP contribution in [0.25, 0.3) is 10.1 Å². The van der Waals surface area contributed by atoms with Crippen molar-refractivity contribution in [1.82, 2.24) is 5.32 Å². The van der Waals surface area contributed by atoms with Gasteiger partial charge >= 0.3 is 0 Å². The topological polar surface area (TPSA) is 12.0 Å². The third-order valence-electron chi connectivity index (χ3n) is 3.69. The lowest BCUT2D eigenvalue weighted by Crippen LogP contribution is -2.33. The number of rotatable bonds is 1. The van der Waals surface area contributed by atoms with Crippen molar-refractivity contribution in [1.29, 1.82) is 0 Å². The van der Waals surface area contributed by atoms with Gasteiger partial charge in [0.2, 0.25) is 0 Å². The van der Waals surface area contributed by atoms with E-state index in [0.29, 0.717) is 0 Å². The van der Waals surface area contributed by atoms with E-state index in [1.807, 2.05) is 11.3 Å². The standard InChI is InChI=1S/C14H17NS.ClH/c1-10-9-15-7-5-12(10)13-4-2-3-11-6-8-16-14(11)13;/h2-4,6,8,10,12,15H,5,7,9H2,1H3;1H/t10-,12+;/m0./s1. The zero-order valence-corrected chi connectivity index (χ0v) is 11.6. The number of thiophene rings is 1. The second-order valence-electron chi connectivity index (χ2n) is 4.76. The van der Waals surface area contributed by atoms with Crippen LogP contribution in [-0.2, 0) is 0 Å². The van der Waals surface area contributed by atoms with Gasteiger partial charge in [-0.2, -0.15) is 0 Å². The molecule has 1 fully saturated rings. The van der Waals surface area contributed by atoms with E-state index in [0.717, 1.165) is 24.9 Å². The van der Waals surface area contributed by atoms with Gasteiger partial charge in [-0.3, -0.25) is 0 Å². The molecule has 0 radical (unpaired) electrons. The van der Waals surface area contributed by atoms with Crippen LogP contribution in [0.4, 0.5) is 0 Å². The van der Waals surface area contributed by atoms with E-state index in [9.17, 15) is 0 Å². The maximum absolute atomic E-state index is 3.48. The second-order valence-corrected chi connectivity index (χ2v) is 5.68. The third-order valence-corrected chi connectivity index (χ3v) is 4.67. The normalized spacial score (nSPS) is 24.5. The highest BCUT2D eigenvalue weighted by Crippen LogP contribution is 2.36. The van der Waals surface area contributed by atoms with Gasteiger partial charge < -0.3 is 5.32 Å². The molecule has 1 aliphatic heterocycles. The van der Waals surface area contributed by atoms with E-state index in [4.69, 9.17) is 0 Å². The van der Waals surface area contributed by atoms with Gasteiger partial charge in [-0.25, -0.2) is 0 Å². The summed E-state index contributed by atoms with van der Waals surface area (Å²) in [5.41, 5.74) is 1.57. The minimum absolute atomic E-state index is 0. The monoisotopic (exact) mass is 267 g/mol. The Morgan fingerprint density at radius 3 is 3.00 bits per heavy atom. The van der Waals surface area contributed by atoms with Crippen molar-refractivity contribution in [3.63, 3.8) is 0 Å². The van der Waals surface area contributed by atoms with Gasteiger partial charge in [0.1, 0.15) is 0 Å². The minimum Gasteiger partial charge on any atom is -0.316 e. The average molecular weight is 268 g/mol. The van der Waals surface area contributed by atoms with Gasteiger partial charge in [-0.05, 0) is 53.7 Å². The molecule has 2 heterocycles. The molecule has 0 bridgehead atoms. The number of benzene rings is 1. The summed E-state index contributed by atoms with van der Waals surface area (Å²) < 4.78 is 1.50. The summed E-state index contributed by atoms with van der Waals surface area (Å²) in [6, 6.07) is 8.99. The van der Waals surface area contributed by atoms with Gasteiger partial charge in [0.15, 0.2) is 0 Å². The summed E-state index contributed by atoms with van der Waals surface area (Å²) in [4.78, 5) is 0. The van der Waals surface area contributed by atoms with Gasteiger partial charge in [-0.15, -0.1) is 23.7 Å². The Morgan fingerprint density at radius 1 is 1.29 bits per heavy atom. The van der Waals surface area contributed by atoms with E-state index in [-0.39, 0.29) is 12.4 Å². The molecule has 2 aromatic rings. The molecule has 0 spiro atoms. The van der Waals surface area contributed by atoms with Crippen LogP contribution in [0.2, 0.25) is 0 Å².